The van der Waals surface area contributed by atoms with Crippen LogP contribution in [-0.2, 0) is 11.3 Å². The van der Waals surface area contributed by atoms with Gasteiger partial charge in [0.25, 0.3) is 0 Å². The molecule has 2 fully saturated rings. The van der Waals surface area contributed by atoms with Gasteiger partial charge in [0, 0.05) is 22.9 Å². The van der Waals surface area contributed by atoms with E-state index in [-0.39, 0.29) is 17.9 Å². The van der Waals surface area contributed by atoms with Crippen LogP contribution in [0.25, 0.3) is 21.8 Å². The molecule has 0 radical (unpaired) electrons. The zero-order valence-corrected chi connectivity index (χ0v) is 16.3. The average Bonchev–Trinajstić information content (AvgIpc) is 3.07. The quantitative estimate of drug-likeness (QED) is 0.627. The van der Waals surface area contributed by atoms with Crippen LogP contribution in [0.3, 0.4) is 0 Å². The summed E-state index contributed by atoms with van der Waals surface area (Å²) in [4.78, 5) is 28.6. The van der Waals surface area contributed by atoms with Crippen LogP contribution in [0, 0.1) is 5.92 Å². The van der Waals surface area contributed by atoms with Crippen molar-refractivity contribution in [1.29, 1.82) is 0 Å². The monoisotopic (exact) mass is 374 g/mol. The average molecular weight is 374 g/mol. The number of likely N-dealkylation sites (tertiary alicyclic amines) is 1. The number of nitrogens with zero attached hydrogens (tertiary/aromatic N) is 2. The second kappa shape index (κ2) is 6.77. The van der Waals surface area contributed by atoms with Crippen molar-refractivity contribution in [3.63, 3.8) is 0 Å². The smallest absolute Gasteiger partial charge is 0.243 e. The standard InChI is InChI=1S/C24H26N2O2/c1-16-14-17-8-2-5-11-20(17)26(16)23(27)15-25-21-12-6-3-9-18(21)24(28)19-10-4-7-13-22(19)25/h3-4,6-7,9-10,12-13,16-17,20H,2,5,8,11,14-15H2,1H3. The largest absolute Gasteiger partial charge is 0.335 e. The number of amides is 1. The van der Waals surface area contributed by atoms with E-state index in [0.29, 0.717) is 28.8 Å². The lowest BCUT2D eigenvalue weighted by Gasteiger charge is -2.33. The Bertz CT molecular complexity index is 1060. The maximum absolute atomic E-state index is 13.5. The summed E-state index contributed by atoms with van der Waals surface area (Å²) in [5, 5.41) is 1.36. The third-order valence-corrected chi connectivity index (χ3v) is 6.81. The third-order valence-electron chi connectivity index (χ3n) is 6.81. The molecule has 2 heterocycles. The zero-order valence-electron chi connectivity index (χ0n) is 16.3. The molecule has 4 heteroatoms. The lowest BCUT2D eigenvalue weighted by atomic mass is 9.85. The van der Waals surface area contributed by atoms with Crippen LogP contribution < -0.4 is 5.43 Å². The van der Waals surface area contributed by atoms with Crippen molar-refractivity contribution in [2.75, 3.05) is 0 Å². The maximum atomic E-state index is 13.5. The van der Waals surface area contributed by atoms with Gasteiger partial charge in [-0.15, -0.1) is 0 Å². The van der Waals surface area contributed by atoms with Crippen molar-refractivity contribution in [1.82, 2.24) is 9.47 Å². The van der Waals surface area contributed by atoms with E-state index in [4.69, 9.17) is 0 Å². The summed E-state index contributed by atoms with van der Waals surface area (Å²) in [6.45, 7) is 2.48. The molecule has 2 aliphatic rings. The van der Waals surface area contributed by atoms with E-state index in [1.807, 2.05) is 53.1 Å². The van der Waals surface area contributed by atoms with Gasteiger partial charge in [-0.3, -0.25) is 9.59 Å². The molecule has 5 rings (SSSR count). The van der Waals surface area contributed by atoms with Crippen molar-refractivity contribution >= 4 is 27.7 Å². The summed E-state index contributed by atoms with van der Waals surface area (Å²) in [5.74, 6) is 0.844. The van der Waals surface area contributed by atoms with Gasteiger partial charge in [-0.25, -0.2) is 0 Å². The molecule has 1 saturated heterocycles. The molecule has 144 valence electrons. The van der Waals surface area contributed by atoms with Crippen LogP contribution >= 0.6 is 0 Å². The SMILES string of the molecule is CC1CC2CCCCC2N1C(=O)Cn1c2ccccc2c(=O)c2ccccc21. The minimum Gasteiger partial charge on any atom is -0.335 e. The van der Waals surface area contributed by atoms with E-state index >= 15 is 0 Å². The number of benzene rings is 2. The molecule has 1 aliphatic heterocycles. The van der Waals surface area contributed by atoms with E-state index in [1.54, 1.807) is 0 Å². The van der Waals surface area contributed by atoms with E-state index in [2.05, 4.69) is 11.8 Å². The van der Waals surface area contributed by atoms with E-state index in [9.17, 15) is 9.59 Å². The molecule has 3 unspecified atom stereocenters. The van der Waals surface area contributed by atoms with Gasteiger partial charge in [-0.05, 0) is 56.4 Å². The van der Waals surface area contributed by atoms with Gasteiger partial charge in [0.05, 0.1) is 11.0 Å². The zero-order chi connectivity index (χ0) is 19.3. The molecule has 1 aliphatic carbocycles. The first-order chi connectivity index (χ1) is 13.6. The molecule has 1 aromatic heterocycles. The first-order valence-electron chi connectivity index (χ1n) is 10.5. The molecular formula is C24H26N2O2. The van der Waals surface area contributed by atoms with Crippen LogP contribution in [0.2, 0.25) is 0 Å². The second-order valence-corrected chi connectivity index (χ2v) is 8.45. The highest BCUT2D eigenvalue weighted by molar-refractivity contribution is 5.95. The fraction of sp³-hybridized carbons (Fsp3) is 0.417. The summed E-state index contributed by atoms with van der Waals surface area (Å²) < 4.78 is 2.04. The van der Waals surface area contributed by atoms with Crippen LogP contribution in [0.1, 0.15) is 39.0 Å². The Morgan fingerprint density at radius 2 is 1.57 bits per heavy atom. The number of hydrogen-bond donors (Lipinski definition) is 0. The molecule has 0 bridgehead atoms. The summed E-state index contributed by atoms with van der Waals surface area (Å²) in [5.41, 5.74) is 1.72. The Hall–Kier alpha value is -2.62. The highest BCUT2D eigenvalue weighted by atomic mass is 16.2. The number of carbonyl (C=O) groups excluding carboxylic acids is 1. The predicted octanol–water partition coefficient (Wildman–Crippen LogP) is 4.33. The van der Waals surface area contributed by atoms with Crippen LogP contribution in [0.4, 0.5) is 0 Å². The molecule has 4 nitrogen and oxygen atoms in total. The topological polar surface area (TPSA) is 42.3 Å². The van der Waals surface area contributed by atoms with E-state index < -0.39 is 0 Å². The minimum absolute atomic E-state index is 0.0387. The van der Waals surface area contributed by atoms with Crippen molar-refractivity contribution in [2.24, 2.45) is 5.92 Å². The maximum Gasteiger partial charge on any atom is 0.243 e. The lowest BCUT2D eigenvalue weighted by molar-refractivity contribution is -0.135. The molecule has 3 aromatic rings. The third kappa shape index (κ3) is 2.66. The van der Waals surface area contributed by atoms with Crippen LogP contribution in [-0.4, -0.2) is 27.5 Å². The predicted molar refractivity (Wildman–Crippen MR) is 112 cm³/mol. The van der Waals surface area contributed by atoms with Crippen molar-refractivity contribution in [2.45, 2.75) is 57.7 Å². The van der Waals surface area contributed by atoms with Crippen LogP contribution in [0.15, 0.2) is 53.3 Å². The van der Waals surface area contributed by atoms with Gasteiger partial charge in [0.1, 0.15) is 6.54 Å². The molecule has 28 heavy (non-hydrogen) atoms. The minimum atomic E-state index is 0.0387. The molecule has 2 aromatic carbocycles. The Balaban J connectivity index is 1.60. The van der Waals surface area contributed by atoms with E-state index in [1.165, 1.54) is 19.3 Å². The highest BCUT2D eigenvalue weighted by Gasteiger charge is 2.42. The van der Waals surface area contributed by atoms with Gasteiger partial charge in [0.2, 0.25) is 5.91 Å². The Morgan fingerprint density at radius 1 is 0.964 bits per heavy atom. The van der Waals surface area contributed by atoms with Crippen molar-refractivity contribution in [3.05, 3.63) is 58.8 Å². The molecule has 1 saturated carbocycles. The van der Waals surface area contributed by atoms with Gasteiger partial charge in [0.15, 0.2) is 5.43 Å². The summed E-state index contributed by atoms with van der Waals surface area (Å²) in [6.07, 6.45) is 6.03. The first kappa shape index (κ1) is 17.5. The number of fused-ring (bicyclic) bond motifs is 3. The Kier molecular flexibility index (Phi) is 4.22. The molecular weight excluding hydrogens is 348 g/mol. The number of hydrogen-bond acceptors (Lipinski definition) is 2. The normalized spacial score (nSPS) is 24.6. The van der Waals surface area contributed by atoms with E-state index in [0.717, 1.165) is 23.9 Å². The van der Waals surface area contributed by atoms with Crippen molar-refractivity contribution in [3.8, 4) is 0 Å². The van der Waals surface area contributed by atoms with Gasteiger partial charge >= 0.3 is 0 Å². The van der Waals surface area contributed by atoms with Gasteiger partial charge in [-0.1, -0.05) is 37.1 Å². The Labute approximate surface area is 164 Å². The molecule has 0 N–H and O–H groups in total. The molecule has 3 atom stereocenters. The fourth-order valence-corrected chi connectivity index (χ4v) is 5.60. The lowest BCUT2D eigenvalue weighted by Crippen LogP contribution is -2.44. The summed E-state index contributed by atoms with van der Waals surface area (Å²) >= 11 is 0. The number of pyridine rings is 1. The molecule has 0 spiro atoms. The summed E-state index contributed by atoms with van der Waals surface area (Å²) in [7, 11) is 0. The number of aromatic nitrogens is 1. The Morgan fingerprint density at radius 3 is 2.25 bits per heavy atom. The first-order valence-corrected chi connectivity index (χ1v) is 10.5. The fourth-order valence-electron chi connectivity index (χ4n) is 5.60. The van der Waals surface area contributed by atoms with Gasteiger partial charge < -0.3 is 9.47 Å². The molecule has 1 amide bonds. The van der Waals surface area contributed by atoms with Crippen molar-refractivity contribution < 1.29 is 4.79 Å². The number of para-hydroxylation sites is 2. The summed E-state index contributed by atoms with van der Waals surface area (Å²) in [6, 6.07) is 16.0. The second-order valence-electron chi connectivity index (χ2n) is 8.45. The number of carbonyl (C=O) groups is 1. The number of rotatable bonds is 2. The van der Waals surface area contributed by atoms with Gasteiger partial charge in [-0.2, -0.15) is 0 Å². The highest BCUT2D eigenvalue weighted by Crippen LogP contribution is 2.39. The van der Waals surface area contributed by atoms with Crippen LogP contribution in [0.5, 0.6) is 0 Å².